The fourth-order valence-electron chi connectivity index (χ4n) is 11.7. The largest absolute Gasteiger partial charge is 0.472 e. The van der Waals surface area contributed by atoms with Gasteiger partial charge in [-0.3, -0.25) is 37.3 Å². The number of carbonyl (C=O) groups excluding carboxylic acids is 4. The molecule has 0 bridgehead atoms. The number of hydrogen-bond acceptors (Lipinski definition) is 15. The summed E-state index contributed by atoms with van der Waals surface area (Å²) in [6.07, 6.45) is 53.9. The summed E-state index contributed by atoms with van der Waals surface area (Å²) in [6, 6.07) is 0. The van der Waals surface area contributed by atoms with Gasteiger partial charge in [0.2, 0.25) is 0 Å². The number of rotatable bonds is 75. The molecule has 17 nitrogen and oxygen atoms in total. The van der Waals surface area contributed by atoms with Gasteiger partial charge in [-0.15, -0.1) is 0 Å². The lowest BCUT2D eigenvalue weighted by atomic mass is 9.99. The van der Waals surface area contributed by atoms with Crippen molar-refractivity contribution in [3.63, 3.8) is 0 Å². The summed E-state index contributed by atoms with van der Waals surface area (Å²) in [5.41, 5.74) is 0. The van der Waals surface area contributed by atoms with Crippen LogP contribution in [0.4, 0.5) is 0 Å². The molecule has 0 aromatic rings. The summed E-state index contributed by atoms with van der Waals surface area (Å²) >= 11 is 0. The van der Waals surface area contributed by atoms with E-state index in [1.165, 1.54) is 205 Å². The van der Waals surface area contributed by atoms with E-state index in [9.17, 15) is 43.2 Å². The second-order valence-electron chi connectivity index (χ2n) is 28.9. The van der Waals surface area contributed by atoms with Crippen LogP contribution >= 0.6 is 15.6 Å². The van der Waals surface area contributed by atoms with Crippen LogP contribution in [0.25, 0.3) is 0 Å². The highest BCUT2D eigenvalue weighted by Crippen LogP contribution is 2.45. The number of esters is 4. The number of aliphatic hydroxyl groups is 1. The molecular weight excluding hydrogens is 1260 g/mol. The van der Waals surface area contributed by atoms with Crippen LogP contribution < -0.4 is 0 Å². The fraction of sp³-hybridized carbons (Fsp3) is 0.948. The van der Waals surface area contributed by atoms with Gasteiger partial charge >= 0.3 is 39.5 Å². The van der Waals surface area contributed by atoms with E-state index >= 15 is 0 Å². The molecule has 0 aromatic heterocycles. The Morgan fingerprint density at radius 2 is 0.531 bits per heavy atom. The first kappa shape index (κ1) is 94.1. The topological polar surface area (TPSA) is 237 Å². The van der Waals surface area contributed by atoms with E-state index in [1.54, 1.807) is 0 Å². The van der Waals surface area contributed by atoms with Crippen molar-refractivity contribution in [3.8, 4) is 0 Å². The standard InChI is InChI=1S/C77H150O17P2/c1-8-10-11-12-13-14-30-37-44-51-58-74(79)87-64-72(94-77(82)61-54-47-40-33-26-25-29-36-43-50-57-70(7)9-2)66-91-95(83,84)89-62-71(78)63-90-96(85,86)92-67-73(65-88-75(80)59-52-45-38-31-24-20-22-28-35-42-49-56-69(5)6)93-76(81)60-53-46-39-32-23-19-17-15-16-18-21-27-34-41-48-55-68(3)4/h68-73,78H,8-67H2,1-7H3,(H,83,84)(H,85,86)/t70?,71-,72+,73+/m0/s1. The Labute approximate surface area is 588 Å². The van der Waals surface area contributed by atoms with Crippen LogP contribution in [-0.2, 0) is 65.4 Å². The van der Waals surface area contributed by atoms with Gasteiger partial charge in [0, 0.05) is 25.7 Å². The van der Waals surface area contributed by atoms with E-state index in [0.717, 1.165) is 108 Å². The minimum atomic E-state index is -4.96. The third-order valence-electron chi connectivity index (χ3n) is 18.2. The van der Waals surface area contributed by atoms with E-state index in [0.29, 0.717) is 25.7 Å². The minimum absolute atomic E-state index is 0.106. The molecule has 0 radical (unpaired) electrons. The first-order valence-electron chi connectivity index (χ1n) is 39.9. The van der Waals surface area contributed by atoms with Crippen molar-refractivity contribution in [2.24, 2.45) is 17.8 Å². The molecule has 0 fully saturated rings. The van der Waals surface area contributed by atoms with Gasteiger partial charge in [0.1, 0.15) is 19.3 Å². The van der Waals surface area contributed by atoms with Crippen LogP contribution in [0.3, 0.4) is 0 Å². The van der Waals surface area contributed by atoms with Crippen LogP contribution in [0.5, 0.6) is 0 Å². The van der Waals surface area contributed by atoms with Crippen LogP contribution in [0.15, 0.2) is 0 Å². The van der Waals surface area contributed by atoms with Gasteiger partial charge < -0.3 is 33.8 Å². The van der Waals surface area contributed by atoms with Crippen molar-refractivity contribution in [3.05, 3.63) is 0 Å². The average Bonchev–Trinajstić information content (AvgIpc) is 3.22. The lowest BCUT2D eigenvalue weighted by Crippen LogP contribution is -2.30. The first-order chi connectivity index (χ1) is 46.3. The Morgan fingerprint density at radius 3 is 0.792 bits per heavy atom. The maximum absolute atomic E-state index is 13.1. The molecule has 0 saturated heterocycles. The maximum Gasteiger partial charge on any atom is 0.472 e. The summed E-state index contributed by atoms with van der Waals surface area (Å²) in [7, 11) is -9.91. The number of phosphoric ester groups is 2. The van der Waals surface area contributed by atoms with Crippen molar-refractivity contribution in [1.29, 1.82) is 0 Å². The zero-order valence-electron chi connectivity index (χ0n) is 62.8. The van der Waals surface area contributed by atoms with Crippen molar-refractivity contribution < 1.29 is 80.2 Å². The van der Waals surface area contributed by atoms with Gasteiger partial charge in [-0.1, -0.05) is 344 Å². The molecule has 0 aromatic carbocycles. The summed E-state index contributed by atoms with van der Waals surface area (Å²) < 4.78 is 68.6. The molecular formula is C77H150O17P2. The maximum atomic E-state index is 13.1. The highest BCUT2D eigenvalue weighted by atomic mass is 31.2. The first-order valence-corrected chi connectivity index (χ1v) is 42.9. The van der Waals surface area contributed by atoms with Gasteiger partial charge in [0.15, 0.2) is 12.2 Å². The van der Waals surface area contributed by atoms with Crippen LogP contribution in [0.1, 0.15) is 395 Å². The smallest absolute Gasteiger partial charge is 0.462 e. The fourth-order valence-corrected chi connectivity index (χ4v) is 13.3. The summed E-state index contributed by atoms with van der Waals surface area (Å²) in [6.45, 7) is 12.0. The third-order valence-corrected chi connectivity index (χ3v) is 20.1. The predicted octanol–water partition coefficient (Wildman–Crippen LogP) is 22.6. The average molecular weight is 1410 g/mol. The van der Waals surface area contributed by atoms with Crippen LogP contribution in [0.2, 0.25) is 0 Å². The number of hydrogen-bond donors (Lipinski definition) is 3. The number of ether oxygens (including phenoxy) is 4. The van der Waals surface area contributed by atoms with Crippen molar-refractivity contribution in [2.75, 3.05) is 39.6 Å². The molecule has 570 valence electrons. The summed E-state index contributed by atoms with van der Waals surface area (Å²) in [4.78, 5) is 72.9. The predicted molar refractivity (Wildman–Crippen MR) is 391 cm³/mol. The van der Waals surface area contributed by atoms with E-state index in [2.05, 4.69) is 48.5 Å². The van der Waals surface area contributed by atoms with E-state index in [1.807, 2.05) is 0 Å². The highest BCUT2D eigenvalue weighted by molar-refractivity contribution is 7.47. The van der Waals surface area contributed by atoms with Gasteiger partial charge in [-0.05, 0) is 43.4 Å². The van der Waals surface area contributed by atoms with E-state index < -0.39 is 97.5 Å². The lowest BCUT2D eigenvalue weighted by Gasteiger charge is -2.21. The Bertz CT molecular complexity index is 1870. The van der Waals surface area contributed by atoms with E-state index in [4.69, 9.17) is 37.0 Å². The molecule has 3 unspecified atom stereocenters. The molecule has 0 aliphatic carbocycles. The second kappa shape index (κ2) is 67.5. The molecule has 0 aliphatic rings. The van der Waals surface area contributed by atoms with Gasteiger partial charge in [-0.25, -0.2) is 9.13 Å². The van der Waals surface area contributed by atoms with Gasteiger partial charge in [0.25, 0.3) is 0 Å². The van der Waals surface area contributed by atoms with Crippen molar-refractivity contribution in [2.45, 2.75) is 414 Å². The monoisotopic (exact) mass is 1410 g/mol. The normalized spacial score (nSPS) is 14.3. The minimum Gasteiger partial charge on any atom is -0.462 e. The molecule has 0 saturated carbocycles. The van der Waals surface area contributed by atoms with Crippen LogP contribution in [0, 0.1) is 17.8 Å². The summed E-state index contributed by atoms with van der Waals surface area (Å²) in [5, 5.41) is 10.6. The molecule has 6 atom stereocenters. The molecule has 0 rings (SSSR count). The number of phosphoric acid groups is 2. The molecule has 96 heavy (non-hydrogen) atoms. The second-order valence-corrected chi connectivity index (χ2v) is 31.8. The molecule has 0 heterocycles. The van der Waals surface area contributed by atoms with E-state index in [-0.39, 0.29) is 25.7 Å². The zero-order valence-corrected chi connectivity index (χ0v) is 64.6. The third kappa shape index (κ3) is 69.2. The number of unbranched alkanes of at least 4 members (excludes halogenated alkanes) is 42. The Hall–Kier alpha value is -1.94. The van der Waals surface area contributed by atoms with Crippen LogP contribution in [-0.4, -0.2) is 96.7 Å². The lowest BCUT2D eigenvalue weighted by molar-refractivity contribution is -0.161. The zero-order chi connectivity index (χ0) is 70.9. The molecule has 19 heteroatoms. The highest BCUT2D eigenvalue weighted by Gasteiger charge is 2.30. The quantitative estimate of drug-likeness (QED) is 0.0222. The Balaban J connectivity index is 5.25. The SMILES string of the molecule is CCCCCCCCCCCCC(=O)OC[C@H](COP(=O)(O)OC[C@H](O)COP(=O)(O)OC[C@@H](COC(=O)CCCCCCCCCCCCCC(C)C)OC(=O)CCCCCCCCCCCCCCCCCC(C)C)OC(=O)CCCCCCCCCCCCC(C)CC. The molecule has 0 amide bonds. The molecule has 0 aliphatic heterocycles. The summed E-state index contributed by atoms with van der Waals surface area (Å²) in [5.74, 6) is 0.261. The number of aliphatic hydroxyl groups excluding tert-OH is 1. The van der Waals surface area contributed by atoms with Gasteiger partial charge in [-0.2, -0.15) is 0 Å². The van der Waals surface area contributed by atoms with Crippen molar-refractivity contribution in [1.82, 2.24) is 0 Å². The van der Waals surface area contributed by atoms with Crippen molar-refractivity contribution >= 4 is 39.5 Å². The van der Waals surface area contributed by atoms with Gasteiger partial charge in [0.05, 0.1) is 26.4 Å². The Kier molecular flexibility index (Phi) is 66.2. The molecule has 0 spiro atoms. The number of carbonyl (C=O) groups is 4. The Morgan fingerprint density at radius 1 is 0.302 bits per heavy atom. The molecule has 3 N–H and O–H groups in total.